The highest BCUT2D eigenvalue weighted by atomic mass is 16.4. The molecule has 0 spiro atoms. The molecule has 0 atom stereocenters. The van der Waals surface area contributed by atoms with Crippen LogP contribution in [0.1, 0.15) is 5.56 Å². The maximum atomic E-state index is 12.1. The predicted molar refractivity (Wildman–Crippen MR) is 78.1 cm³/mol. The molecular weight excluding hydrogens is 270 g/mol. The number of carbonyl (C=O) groups excluding carboxylic acids is 1. The van der Waals surface area contributed by atoms with Crippen LogP contribution in [0.5, 0.6) is 0 Å². The lowest BCUT2D eigenvalue weighted by Crippen LogP contribution is -2.25. The number of hydrogen-bond acceptors (Lipinski definition) is 4. The number of pyridine rings is 1. The number of aromatic nitrogens is 2. The van der Waals surface area contributed by atoms with Crippen molar-refractivity contribution in [3.05, 3.63) is 58.7 Å². The Labute approximate surface area is 120 Å². The number of anilines is 1. The molecule has 106 valence electrons. The zero-order valence-electron chi connectivity index (χ0n) is 11.4. The topological polar surface area (TPSA) is 77.1 Å². The molecule has 2 heterocycles. The number of hydrogen-bond donors (Lipinski definition) is 1. The van der Waals surface area contributed by atoms with Crippen LogP contribution in [-0.4, -0.2) is 15.5 Å². The number of aryl methyl sites for hydroxylation is 1. The molecule has 3 rings (SSSR count). The molecule has 0 aliphatic heterocycles. The Kier molecular flexibility index (Phi) is 3.27. The van der Waals surface area contributed by atoms with E-state index in [0.717, 1.165) is 11.3 Å². The second kappa shape index (κ2) is 5.24. The molecule has 0 fully saturated rings. The number of amides is 1. The van der Waals surface area contributed by atoms with Crippen LogP contribution in [0.25, 0.3) is 11.2 Å². The van der Waals surface area contributed by atoms with Crippen LogP contribution in [0.4, 0.5) is 5.69 Å². The first-order chi connectivity index (χ1) is 10.1. The number of nitrogens with one attached hydrogen (secondary N) is 1. The summed E-state index contributed by atoms with van der Waals surface area (Å²) in [5.41, 5.74) is 2.40. The summed E-state index contributed by atoms with van der Waals surface area (Å²) in [5.74, 6) is -0.900. The van der Waals surface area contributed by atoms with Crippen molar-refractivity contribution in [1.82, 2.24) is 9.55 Å². The van der Waals surface area contributed by atoms with Crippen LogP contribution in [0, 0.1) is 6.92 Å². The zero-order chi connectivity index (χ0) is 14.8. The summed E-state index contributed by atoms with van der Waals surface area (Å²) in [6, 6.07) is 10.7. The van der Waals surface area contributed by atoms with E-state index in [0.29, 0.717) is 11.2 Å². The van der Waals surface area contributed by atoms with E-state index in [1.165, 1.54) is 4.57 Å². The van der Waals surface area contributed by atoms with E-state index in [2.05, 4.69) is 10.3 Å². The number of fused-ring (bicyclic) bond motifs is 1. The summed E-state index contributed by atoms with van der Waals surface area (Å²) in [4.78, 5) is 27.9. The van der Waals surface area contributed by atoms with E-state index in [9.17, 15) is 9.59 Å². The fourth-order valence-electron chi connectivity index (χ4n) is 2.09. The maximum Gasteiger partial charge on any atom is 0.421 e. The van der Waals surface area contributed by atoms with Crippen molar-refractivity contribution in [3.8, 4) is 0 Å². The van der Waals surface area contributed by atoms with E-state index >= 15 is 0 Å². The van der Waals surface area contributed by atoms with Gasteiger partial charge in [-0.2, -0.15) is 0 Å². The van der Waals surface area contributed by atoms with E-state index in [-0.39, 0.29) is 12.5 Å². The van der Waals surface area contributed by atoms with Gasteiger partial charge in [-0.1, -0.05) is 18.2 Å². The minimum absolute atomic E-state index is 0.142. The molecule has 1 aromatic carbocycles. The van der Waals surface area contributed by atoms with Crippen molar-refractivity contribution < 1.29 is 9.21 Å². The highest BCUT2D eigenvalue weighted by molar-refractivity contribution is 5.91. The van der Waals surface area contributed by atoms with E-state index in [1.54, 1.807) is 18.3 Å². The van der Waals surface area contributed by atoms with Crippen molar-refractivity contribution in [2.24, 2.45) is 0 Å². The second-order valence-electron chi connectivity index (χ2n) is 4.64. The fourth-order valence-corrected chi connectivity index (χ4v) is 2.09. The molecule has 0 aliphatic carbocycles. The molecule has 1 amide bonds. The van der Waals surface area contributed by atoms with Crippen LogP contribution < -0.4 is 11.1 Å². The van der Waals surface area contributed by atoms with Gasteiger partial charge in [0.25, 0.3) is 0 Å². The molecule has 0 unspecified atom stereocenters. The number of oxazole rings is 1. The molecule has 21 heavy (non-hydrogen) atoms. The maximum absolute atomic E-state index is 12.1. The molecule has 3 aromatic rings. The third-order valence-electron chi connectivity index (χ3n) is 3.15. The SMILES string of the molecule is Cc1ccccc1NC(=O)Cn1c(=O)oc2cccnc21. The first-order valence-corrected chi connectivity index (χ1v) is 6.45. The summed E-state index contributed by atoms with van der Waals surface area (Å²) < 4.78 is 6.25. The fraction of sp³-hybridized carbons (Fsp3) is 0.133. The molecular formula is C15H13N3O3. The van der Waals surface area contributed by atoms with Gasteiger partial charge in [-0.3, -0.25) is 4.79 Å². The van der Waals surface area contributed by atoms with E-state index in [1.807, 2.05) is 31.2 Å². The first kappa shape index (κ1) is 13.1. The Morgan fingerprint density at radius 2 is 2.10 bits per heavy atom. The van der Waals surface area contributed by atoms with Crippen molar-refractivity contribution in [2.75, 3.05) is 5.32 Å². The largest absolute Gasteiger partial charge is 0.421 e. The smallest absolute Gasteiger partial charge is 0.406 e. The van der Waals surface area contributed by atoms with Crippen LogP contribution in [0.15, 0.2) is 51.8 Å². The van der Waals surface area contributed by atoms with Crippen LogP contribution in [-0.2, 0) is 11.3 Å². The Morgan fingerprint density at radius 1 is 1.29 bits per heavy atom. The third kappa shape index (κ3) is 2.55. The van der Waals surface area contributed by atoms with E-state index in [4.69, 9.17) is 4.42 Å². The van der Waals surface area contributed by atoms with E-state index < -0.39 is 5.76 Å². The van der Waals surface area contributed by atoms with Crippen molar-refractivity contribution in [2.45, 2.75) is 13.5 Å². The van der Waals surface area contributed by atoms with Gasteiger partial charge in [0.1, 0.15) is 6.54 Å². The Balaban J connectivity index is 1.86. The molecule has 6 heteroatoms. The first-order valence-electron chi connectivity index (χ1n) is 6.45. The summed E-state index contributed by atoms with van der Waals surface area (Å²) in [5, 5.41) is 2.77. The lowest BCUT2D eigenvalue weighted by atomic mass is 10.2. The van der Waals surface area contributed by atoms with Gasteiger partial charge in [-0.05, 0) is 30.7 Å². The Morgan fingerprint density at radius 3 is 2.90 bits per heavy atom. The molecule has 1 N–H and O–H groups in total. The Hall–Kier alpha value is -2.89. The minimum atomic E-state index is -0.594. The van der Waals surface area contributed by atoms with Crippen molar-refractivity contribution in [1.29, 1.82) is 0 Å². The summed E-state index contributed by atoms with van der Waals surface area (Å²) in [7, 11) is 0. The van der Waals surface area contributed by atoms with Crippen LogP contribution in [0.2, 0.25) is 0 Å². The molecule has 2 aromatic heterocycles. The highest BCUT2D eigenvalue weighted by Crippen LogP contribution is 2.13. The lowest BCUT2D eigenvalue weighted by molar-refractivity contribution is -0.116. The van der Waals surface area contributed by atoms with Gasteiger partial charge in [0, 0.05) is 11.9 Å². The normalized spacial score (nSPS) is 10.7. The summed E-state index contributed by atoms with van der Waals surface area (Å²) >= 11 is 0. The summed E-state index contributed by atoms with van der Waals surface area (Å²) in [6.07, 6.45) is 1.55. The van der Waals surface area contributed by atoms with Gasteiger partial charge in [0.15, 0.2) is 11.2 Å². The molecule has 0 radical (unpaired) electrons. The predicted octanol–water partition coefficient (Wildman–Crippen LogP) is 1.94. The number of para-hydroxylation sites is 1. The van der Waals surface area contributed by atoms with Gasteiger partial charge in [-0.15, -0.1) is 0 Å². The second-order valence-corrected chi connectivity index (χ2v) is 4.64. The van der Waals surface area contributed by atoms with Crippen molar-refractivity contribution >= 4 is 22.8 Å². The number of nitrogens with zero attached hydrogens (tertiary/aromatic N) is 2. The van der Waals surface area contributed by atoms with Crippen LogP contribution >= 0.6 is 0 Å². The molecule has 0 saturated carbocycles. The number of benzene rings is 1. The zero-order valence-corrected chi connectivity index (χ0v) is 11.4. The molecule has 0 aliphatic rings. The lowest BCUT2D eigenvalue weighted by Gasteiger charge is -2.07. The molecule has 0 saturated heterocycles. The average Bonchev–Trinajstić information content (AvgIpc) is 2.78. The average molecular weight is 283 g/mol. The van der Waals surface area contributed by atoms with Gasteiger partial charge < -0.3 is 9.73 Å². The molecule has 6 nitrogen and oxygen atoms in total. The van der Waals surface area contributed by atoms with Gasteiger partial charge >= 0.3 is 5.76 Å². The minimum Gasteiger partial charge on any atom is -0.406 e. The highest BCUT2D eigenvalue weighted by Gasteiger charge is 2.13. The van der Waals surface area contributed by atoms with Gasteiger partial charge in [0.05, 0.1) is 0 Å². The standard InChI is InChI=1S/C15H13N3O3/c1-10-5-2-3-6-11(10)17-13(19)9-18-14-12(21-15(18)20)7-4-8-16-14/h2-8H,9H2,1H3,(H,17,19). The molecule has 0 bridgehead atoms. The van der Waals surface area contributed by atoms with Crippen LogP contribution in [0.3, 0.4) is 0 Å². The quantitative estimate of drug-likeness (QED) is 0.796. The van der Waals surface area contributed by atoms with Gasteiger partial charge in [-0.25, -0.2) is 14.3 Å². The number of carbonyl (C=O) groups is 1. The number of rotatable bonds is 3. The Bertz CT molecular complexity index is 864. The third-order valence-corrected chi connectivity index (χ3v) is 3.15. The monoisotopic (exact) mass is 283 g/mol. The summed E-state index contributed by atoms with van der Waals surface area (Å²) in [6.45, 7) is 1.76. The van der Waals surface area contributed by atoms with Gasteiger partial charge in [0.2, 0.25) is 5.91 Å². The van der Waals surface area contributed by atoms with Crippen molar-refractivity contribution in [3.63, 3.8) is 0 Å².